The summed E-state index contributed by atoms with van der Waals surface area (Å²) < 4.78 is 5.70. The normalized spacial score (nSPS) is 17.2. The van der Waals surface area contributed by atoms with Crippen LogP contribution in [0.25, 0.3) is 0 Å². The van der Waals surface area contributed by atoms with Gasteiger partial charge in [-0.25, -0.2) is 0 Å². The molecule has 2 N–H and O–H groups in total. The fraction of sp³-hybridized carbons (Fsp3) is 0.409. The third kappa shape index (κ3) is 6.09. The van der Waals surface area contributed by atoms with Gasteiger partial charge in [-0.05, 0) is 54.8 Å². The van der Waals surface area contributed by atoms with Gasteiger partial charge in [-0.3, -0.25) is 0 Å². The summed E-state index contributed by atoms with van der Waals surface area (Å²) >= 11 is 1.89. The highest BCUT2D eigenvalue weighted by Crippen LogP contribution is 2.35. The van der Waals surface area contributed by atoms with Crippen molar-refractivity contribution in [2.24, 2.45) is 0 Å². The van der Waals surface area contributed by atoms with E-state index in [-0.39, 0.29) is 18.4 Å². The second kappa shape index (κ2) is 9.93. The number of aliphatic hydroxyl groups is 1. The summed E-state index contributed by atoms with van der Waals surface area (Å²) in [7, 11) is 0. The number of aliphatic hydroxyl groups excluding tert-OH is 1. The van der Waals surface area contributed by atoms with E-state index in [1.54, 1.807) is 6.92 Å². The lowest BCUT2D eigenvalue weighted by Crippen LogP contribution is -2.35. The Morgan fingerprint density at radius 3 is 2.81 bits per heavy atom. The van der Waals surface area contributed by atoms with Gasteiger partial charge < -0.3 is 20.0 Å². The van der Waals surface area contributed by atoms with Gasteiger partial charge in [-0.1, -0.05) is 30.3 Å². The Morgan fingerprint density at radius 2 is 2.04 bits per heavy atom. The molecule has 5 heteroatoms. The standard InChI is InChI=1S/C22H27NO3S/c1-16(24)6-7-17-8-10-19(11-9-17)26-15-18(25)14-23-21-12-13-27-22-5-3-2-4-20(21)22/h2-5,8-11,18,21,23,25H,6-7,12-15H2,1H3/t18-,21-/m0/s1. The van der Waals surface area contributed by atoms with Crippen LogP contribution < -0.4 is 10.1 Å². The number of ether oxygens (including phenoxy) is 1. The van der Waals surface area contributed by atoms with Crippen molar-refractivity contribution in [1.29, 1.82) is 0 Å². The second-order valence-electron chi connectivity index (χ2n) is 6.95. The first-order chi connectivity index (χ1) is 13.1. The Balaban J connectivity index is 1.42. The molecule has 1 aliphatic rings. The van der Waals surface area contributed by atoms with E-state index in [9.17, 15) is 9.90 Å². The predicted molar refractivity (Wildman–Crippen MR) is 109 cm³/mol. The molecule has 1 aliphatic heterocycles. The lowest BCUT2D eigenvalue weighted by molar-refractivity contribution is -0.116. The first kappa shape index (κ1) is 19.9. The molecule has 0 aliphatic carbocycles. The Morgan fingerprint density at radius 1 is 1.26 bits per heavy atom. The summed E-state index contributed by atoms with van der Waals surface area (Å²) in [6, 6.07) is 16.5. The molecule has 0 bridgehead atoms. The molecule has 27 heavy (non-hydrogen) atoms. The third-order valence-electron chi connectivity index (χ3n) is 4.69. The highest BCUT2D eigenvalue weighted by atomic mass is 32.2. The van der Waals surface area contributed by atoms with Gasteiger partial charge in [0, 0.05) is 23.9 Å². The van der Waals surface area contributed by atoms with Gasteiger partial charge in [0.25, 0.3) is 0 Å². The van der Waals surface area contributed by atoms with Crippen molar-refractivity contribution in [1.82, 2.24) is 5.32 Å². The molecular weight excluding hydrogens is 358 g/mol. The molecular formula is C22H27NO3S. The predicted octanol–water partition coefficient (Wildman–Crippen LogP) is 3.77. The highest BCUT2D eigenvalue weighted by Gasteiger charge is 2.20. The van der Waals surface area contributed by atoms with E-state index in [4.69, 9.17) is 4.74 Å². The number of nitrogens with one attached hydrogen (secondary N) is 1. The van der Waals surface area contributed by atoms with Crippen molar-refractivity contribution in [2.75, 3.05) is 18.9 Å². The van der Waals surface area contributed by atoms with Crippen LogP contribution in [0.4, 0.5) is 0 Å². The van der Waals surface area contributed by atoms with Gasteiger partial charge in [0.1, 0.15) is 24.2 Å². The van der Waals surface area contributed by atoms with Crippen molar-refractivity contribution in [3.8, 4) is 5.75 Å². The summed E-state index contributed by atoms with van der Waals surface area (Å²) in [4.78, 5) is 12.4. The van der Waals surface area contributed by atoms with Gasteiger partial charge >= 0.3 is 0 Å². The minimum absolute atomic E-state index is 0.199. The zero-order chi connectivity index (χ0) is 19.1. The monoisotopic (exact) mass is 385 g/mol. The highest BCUT2D eigenvalue weighted by molar-refractivity contribution is 7.99. The number of fused-ring (bicyclic) bond motifs is 1. The number of carbonyl (C=O) groups excluding carboxylic acids is 1. The lowest BCUT2D eigenvalue weighted by Gasteiger charge is -2.27. The molecule has 0 spiro atoms. The van der Waals surface area contributed by atoms with Gasteiger partial charge in [0.15, 0.2) is 0 Å². The molecule has 0 radical (unpaired) electrons. The Bertz CT molecular complexity index is 747. The Labute approximate surface area is 165 Å². The van der Waals surface area contributed by atoms with Gasteiger partial charge in [-0.15, -0.1) is 11.8 Å². The van der Waals surface area contributed by atoms with E-state index in [1.165, 1.54) is 10.5 Å². The van der Waals surface area contributed by atoms with Crippen LogP contribution in [0.2, 0.25) is 0 Å². The number of ketones is 1. The molecule has 3 rings (SSSR count). The van der Waals surface area contributed by atoms with Crippen LogP contribution in [0, 0.1) is 0 Å². The smallest absolute Gasteiger partial charge is 0.130 e. The van der Waals surface area contributed by atoms with Crippen LogP contribution in [0.1, 0.15) is 36.9 Å². The summed E-state index contributed by atoms with van der Waals surface area (Å²) in [6.07, 6.45) is 1.82. The number of rotatable bonds is 9. The minimum Gasteiger partial charge on any atom is -0.491 e. The van der Waals surface area contributed by atoms with Crippen molar-refractivity contribution in [3.05, 3.63) is 59.7 Å². The van der Waals surface area contributed by atoms with Crippen LogP contribution in [-0.2, 0) is 11.2 Å². The number of hydrogen-bond donors (Lipinski definition) is 2. The van der Waals surface area contributed by atoms with E-state index in [1.807, 2.05) is 36.0 Å². The van der Waals surface area contributed by atoms with E-state index in [0.29, 0.717) is 13.0 Å². The van der Waals surface area contributed by atoms with Crippen molar-refractivity contribution in [3.63, 3.8) is 0 Å². The topological polar surface area (TPSA) is 58.6 Å². The van der Waals surface area contributed by atoms with Gasteiger partial charge in [-0.2, -0.15) is 0 Å². The first-order valence-electron chi connectivity index (χ1n) is 9.46. The van der Waals surface area contributed by atoms with Crippen molar-refractivity contribution < 1.29 is 14.6 Å². The molecule has 0 unspecified atom stereocenters. The molecule has 1 heterocycles. The third-order valence-corrected chi connectivity index (χ3v) is 5.81. The average Bonchev–Trinajstić information content (AvgIpc) is 2.69. The molecule has 2 aromatic carbocycles. The van der Waals surface area contributed by atoms with Crippen LogP contribution in [-0.4, -0.2) is 35.9 Å². The molecule has 4 nitrogen and oxygen atoms in total. The van der Waals surface area contributed by atoms with E-state index < -0.39 is 6.10 Å². The number of Topliss-reactive ketones (excluding diaryl/α,β-unsaturated/α-hetero) is 1. The molecule has 0 saturated carbocycles. The van der Waals surface area contributed by atoms with E-state index in [0.717, 1.165) is 29.9 Å². The van der Waals surface area contributed by atoms with Crippen molar-refractivity contribution in [2.45, 2.75) is 43.2 Å². The number of hydrogen-bond acceptors (Lipinski definition) is 5. The second-order valence-corrected chi connectivity index (χ2v) is 8.08. The number of benzene rings is 2. The molecule has 0 aromatic heterocycles. The molecule has 144 valence electrons. The van der Waals surface area contributed by atoms with Crippen LogP contribution in [0.5, 0.6) is 5.75 Å². The SMILES string of the molecule is CC(=O)CCc1ccc(OC[C@@H](O)CN[C@H]2CCSc3ccccc32)cc1. The zero-order valence-corrected chi connectivity index (χ0v) is 16.5. The summed E-state index contributed by atoms with van der Waals surface area (Å²) in [5, 5.41) is 13.7. The fourth-order valence-corrected chi connectivity index (χ4v) is 4.28. The Hall–Kier alpha value is -1.82. The molecule has 2 aromatic rings. The number of thioether (sulfide) groups is 1. The molecule has 0 amide bonds. The summed E-state index contributed by atoms with van der Waals surface area (Å²) in [5.41, 5.74) is 2.44. The molecule has 2 atom stereocenters. The zero-order valence-electron chi connectivity index (χ0n) is 15.7. The minimum atomic E-state index is -0.566. The maximum atomic E-state index is 11.0. The quantitative estimate of drug-likeness (QED) is 0.688. The fourth-order valence-electron chi connectivity index (χ4n) is 3.16. The maximum Gasteiger partial charge on any atom is 0.130 e. The number of aryl methyl sites for hydroxylation is 1. The maximum absolute atomic E-state index is 11.0. The number of carbonyl (C=O) groups is 1. The van der Waals surface area contributed by atoms with Crippen LogP contribution in [0.15, 0.2) is 53.4 Å². The van der Waals surface area contributed by atoms with Gasteiger partial charge in [0.05, 0.1) is 0 Å². The van der Waals surface area contributed by atoms with E-state index in [2.05, 4.69) is 29.6 Å². The average molecular weight is 386 g/mol. The van der Waals surface area contributed by atoms with E-state index >= 15 is 0 Å². The summed E-state index contributed by atoms with van der Waals surface area (Å²) in [5.74, 6) is 2.03. The van der Waals surface area contributed by atoms with Crippen LogP contribution >= 0.6 is 11.8 Å². The first-order valence-corrected chi connectivity index (χ1v) is 10.4. The van der Waals surface area contributed by atoms with Gasteiger partial charge in [0.2, 0.25) is 0 Å². The van der Waals surface area contributed by atoms with Crippen molar-refractivity contribution >= 4 is 17.5 Å². The Kier molecular flexibility index (Phi) is 7.33. The largest absolute Gasteiger partial charge is 0.491 e. The molecule has 0 saturated heterocycles. The molecule has 0 fully saturated rings. The van der Waals surface area contributed by atoms with Crippen LogP contribution in [0.3, 0.4) is 0 Å². The lowest BCUT2D eigenvalue weighted by atomic mass is 10.0. The summed E-state index contributed by atoms with van der Waals surface area (Å²) in [6.45, 7) is 2.36.